The first-order chi connectivity index (χ1) is 9.20. The van der Waals surface area contributed by atoms with Crippen LogP contribution < -0.4 is 0 Å². The number of aliphatic carboxylic acids is 1. The minimum Gasteiger partial charge on any atom is -0.481 e. The summed E-state index contributed by atoms with van der Waals surface area (Å²) in [6, 6.07) is 7.91. The topological polar surface area (TPSA) is 80.9 Å². The van der Waals surface area contributed by atoms with Gasteiger partial charge in [-0.2, -0.15) is 0 Å². The Morgan fingerprint density at radius 2 is 2.21 bits per heavy atom. The number of carboxylic acids is 1. The molecule has 0 aliphatic rings. The average Bonchev–Trinajstić information content (AvgIpc) is 2.94. The molecule has 1 aromatic carbocycles. The first-order valence-corrected chi connectivity index (χ1v) is 6.47. The molecular formula is C12H10N4O2S. The van der Waals surface area contributed by atoms with Crippen LogP contribution in [0, 0.1) is 0 Å². The van der Waals surface area contributed by atoms with Crippen molar-refractivity contribution in [2.24, 2.45) is 0 Å². The number of thiazole rings is 1. The van der Waals surface area contributed by atoms with Gasteiger partial charge in [-0.15, -0.1) is 16.4 Å². The first kappa shape index (κ1) is 11.8. The van der Waals surface area contributed by atoms with E-state index in [-0.39, 0.29) is 6.42 Å². The second-order valence-electron chi connectivity index (χ2n) is 4.05. The van der Waals surface area contributed by atoms with Gasteiger partial charge >= 0.3 is 5.97 Å². The van der Waals surface area contributed by atoms with Gasteiger partial charge in [0.05, 0.1) is 28.9 Å². The Balaban J connectivity index is 1.80. The van der Waals surface area contributed by atoms with E-state index in [1.165, 1.54) is 0 Å². The van der Waals surface area contributed by atoms with E-state index in [4.69, 9.17) is 5.11 Å². The summed E-state index contributed by atoms with van der Waals surface area (Å²) in [5, 5.41) is 17.3. The minimum atomic E-state index is -0.910. The fourth-order valence-electron chi connectivity index (χ4n) is 1.78. The van der Waals surface area contributed by atoms with Gasteiger partial charge in [-0.25, -0.2) is 9.67 Å². The molecule has 0 unspecified atom stereocenters. The Morgan fingerprint density at radius 1 is 1.37 bits per heavy atom. The summed E-state index contributed by atoms with van der Waals surface area (Å²) in [5.74, 6) is -0.910. The molecule has 0 spiro atoms. The normalized spacial score (nSPS) is 10.9. The lowest BCUT2D eigenvalue weighted by Crippen LogP contribution is -2.00. The molecule has 19 heavy (non-hydrogen) atoms. The molecule has 3 rings (SSSR count). The van der Waals surface area contributed by atoms with E-state index < -0.39 is 5.97 Å². The largest absolute Gasteiger partial charge is 0.481 e. The van der Waals surface area contributed by atoms with Crippen molar-refractivity contribution < 1.29 is 9.90 Å². The fourth-order valence-corrected chi connectivity index (χ4v) is 2.74. The van der Waals surface area contributed by atoms with Crippen molar-refractivity contribution in [3.8, 4) is 0 Å². The zero-order chi connectivity index (χ0) is 13.2. The Morgan fingerprint density at radius 3 is 3.00 bits per heavy atom. The Kier molecular flexibility index (Phi) is 2.96. The van der Waals surface area contributed by atoms with E-state index in [0.717, 1.165) is 15.2 Å². The summed E-state index contributed by atoms with van der Waals surface area (Å²) >= 11 is 1.60. The van der Waals surface area contributed by atoms with Crippen molar-refractivity contribution >= 4 is 27.5 Å². The molecule has 0 aliphatic heterocycles. The van der Waals surface area contributed by atoms with Crippen LogP contribution in [0.3, 0.4) is 0 Å². The highest BCUT2D eigenvalue weighted by molar-refractivity contribution is 7.18. The van der Waals surface area contributed by atoms with Crippen molar-refractivity contribution in [3.63, 3.8) is 0 Å². The number of aromatic nitrogens is 4. The maximum absolute atomic E-state index is 10.6. The molecular weight excluding hydrogens is 264 g/mol. The monoisotopic (exact) mass is 274 g/mol. The van der Waals surface area contributed by atoms with Crippen molar-refractivity contribution in [3.05, 3.63) is 41.2 Å². The van der Waals surface area contributed by atoms with Gasteiger partial charge < -0.3 is 5.11 Å². The number of hydrogen-bond acceptors (Lipinski definition) is 5. The zero-order valence-electron chi connectivity index (χ0n) is 9.85. The van der Waals surface area contributed by atoms with Gasteiger partial charge in [0.15, 0.2) is 0 Å². The molecule has 0 bridgehead atoms. The second kappa shape index (κ2) is 4.77. The number of carboxylic acid groups (broad SMARTS) is 1. The van der Waals surface area contributed by atoms with E-state index in [9.17, 15) is 4.79 Å². The predicted molar refractivity (Wildman–Crippen MR) is 70.1 cm³/mol. The summed E-state index contributed by atoms with van der Waals surface area (Å²) in [4.78, 5) is 15.1. The number of para-hydroxylation sites is 1. The van der Waals surface area contributed by atoms with Gasteiger partial charge in [-0.1, -0.05) is 17.3 Å². The molecule has 0 saturated heterocycles. The molecule has 0 fully saturated rings. The van der Waals surface area contributed by atoms with Crippen molar-refractivity contribution in [1.82, 2.24) is 20.0 Å². The highest BCUT2D eigenvalue weighted by atomic mass is 32.1. The van der Waals surface area contributed by atoms with Crippen LogP contribution in [0.15, 0.2) is 30.5 Å². The van der Waals surface area contributed by atoms with Gasteiger partial charge in [-0.05, 0) is 12.1 Å². The molecule has 3 aromatic rings. The fraction of sp³-hybridized carbons (Fsp3) is 0.167. The lowest BCUT2D eigenvalue weighted by molar-refractivity contribution is -0.136. The Hall–Kier alpha value is -2.28. The second-order valence-corrected chi connectivity index (χ2v) is 5.17. The molecule has 0 aliphatic carbocycles. The highest BCUT2D eigenvalue weighted by Crippen LogP contribution is 2.21. The minimum absolute atomic E-state index is 0.111. The number of nitrogens with zero attached hydrogens (tertiary/aromatic N) is 4. The smallest absolute Gasteiger partial charge is 0.309 e. The van der Waals surface area contributed by atoms with Crippen LogP contribution in [0.2, 0.25) is 0 Å². The standard InChI is InChI=1S/C12H10N4O2S/c17-12(18)5-8-6-16(15-14-8)7-11-13-9-3-1-2-4-10(9)19-11/h1-4,6H,5,7H2,(H,17,18). The highest BCUT2D eigenvalue weighted by Gasteiger charge is 2.08. The summed E-state index contributed by atoms with van der Waals surface area (Å²) in [5.41, 5.74) is 1.42. The molecule has 1 N–H and O–H groups in total. The summed E-state index contributed by atoms with van der Waals surface area (Å²) in [6.45, 7) is 0.506. The maximum atomic E-state index is 10.6. The Labute approximate surface area is 112 Å². The molecule has 0 amide bonds. The SMILES string of the molecule is O=C(O)Cc1cn(Cc2nc3ccccc3s2)nn1. The van der Waals surface area contributed by atoms with Gasteiger partial charge in [0, 0.05) is 6.20 Å². The molecule has 0 radical (unpaired) electrons. The van der Waals surface area contributed by atoms with Crippen LogP contribution in [-0.2, 0) is 17.8 Å². The van der Waals surface area contributed by atoms with E-state index in [1.54, 1.807) is 22.2 Å². The van der Waals surface area contributed by atoms with Crippen molar-refractivity contribution in [2.45, 2.75) is 13.0 Å². The summed E-state index contributed by atoms with van der Waals surface area (Å²) in [6.07, 6.45) is 1.53. The van der Waals surface area contributed by atoms with Crippen molar-refractivity contribution in [1.29, 1.82) is 0 Å². The third-order valence-electron chi connectivity index (χ3n) is 2.55. The maximum Gasteiger partial charge on any atom is 0.309 e. The zero-order valence-corrected chi connectivity index (χ0v) is 10.7. The molecule has 2 aromatic heterocycles. The molecule has 0 saturated carbocycles. The van der Waals surface area contributed by atoms with E-state index in [2.05, 4.69) is 15.3 Å². The van der Waals surface area contributed by atoms with Crippen LogP contribution in [0.5, 0.6) is 0 Å². The van der Waals surface area contributed by atoms with Crippen LogP contribution in [0.4, 0.5) is 0 Å². The molecule has 7 heteroatoms. The van der Waals surface area contributed by atoms with Gasteiger partial charge in [0.2, 0.25) is 0 Å². The summed E-state index contributed by atoms with van der Waals surface area (Å²) < 4.78 is 2.74. The van der Waals surface area contributed by atoms with Crippen LogP contribution in [0.25, 0.3) is 10.2 Å². The van der Waals surface area contributed by atoms with Gasteiger partial charge in [0.25, 0.3) is 0 Å². The van der Waals surface area contributed by atoms with E-state index in [1.807, 2.05) is 24.3 Å². The van der Waals surface area contributed by atoms with Crippen LogP contribution in [0.1, 0.15) is 10.7 Å². The van der Waals surface area contributed by atoms with E-state index in [0.29, 0.717) is 12.2 Å². The van der Waals surface area contributed by atoms with E-state index >= 15 is 0 Å². The molecule has 0 atom stereocenters. The van der Waals surface area contributed by atoms with Gasteiger partial charge in [0.1, 0.15) is 5.01 Å². The molecule has 96 valence electrons. The third-order valence-corrected chi connectivity index (χ3v) is 3.58. The number of rotatable bonds is 4. The predicted octanol–water partition coefficient (Wildman–Crippen LogP) is 1.56. The van der Waals surface area contributed by atoms with Crippen LogP contribution >= 0.6 is 11.3 Å². The van der Waals surface area contributed by atoms with Crippen molar-refractivity contribution in [2.75, 3.05) is 0 Å². The third kappa shape index (κ3) is 2.60. The lowest BCUT2D eigenvalue weighted by Gasteiger charge is -1.93. The average molecular weight is 274 g/mol. The summed E-state index contributed by atoms with van der Waals surface area (Å²) in [7, 11) is 0. The lowest BCUT2D eigenvalue weighted by atomic mass is 10.3. The number of fused-ring (bicyclic) bond motifs is 1. The van der Waals surface area contributed by atoms with Crippen LogP contribution in [-0.4, -0.2) is 31.1 Å². The Bertz CT molecular complexity index is 701. The first-order valence-electron chi connectivity index (χ1n) is 5.66. The van der Waals surface area contributed by atoms with Gasteiger partial charge in [-0.3, -0.25) is 4.79 Å². The number of carbonyl (C=O) groups is 1. The molecule has 2 heterocycles. The number of benzene rings is 1. The number of hydrogen-bond donors (Lipinski definition) is 1. The quantitative estimate of drug-likeness (QED) is 0.781. The molecule has 6 nitrogen and oxygen atoms in total.